The van der Waals surface area contributed by atoms with E-state index >= 15 is 0 Å². The van der Waals surface area contributed by atoms with Gasteiger partial charge in [-0.05, 0) is 19.8 Å². The van der Waals surface area contributed by atoms with Gasteiger partial charge in [0.15, 0.2) is 0 Å². The fourth-order valence-corrected chi connectivity index (χ4v) is 2.12. The average Bonchev–Trinajstić information content (AvgIpc) is 2.57. The largest absolute Gasteiger partial charge is 0.391 e. The Kier molecular flexibility index (Phi) is 2.96. The molecule has 1 fully saturated rings. The molecule has 1 saturated heterocycles. The van der Waals surface area contributed by atoms with Gasteiger partial charge in [0.05, 0.1) is 17.4 Å². The Labute approximate surface area is 94.7 Å². The maximum absolute atomic E-state index is 12.1. The van der Waals surface area contributed by atoms with Crippen molar-refractivity contribution in [1.29, 1.82) is 0 Å². The van der Waals surface area contributed by atoms with Crippen LogP contribution in [0.25, 0.3) is 0 Å². The van der Waals surface area contributed by atoms with Crippen LogP contribution in [-0.2, 0) is 7.05 Å². The minimum Gasteiger partial charge on any atom is -0.391 e. The molecule has 1 aliphatic heterocycles. The van der Waals surface area contributed by atoms with Gasteiger partial charge in [-0.2, -0.15) is 5.10 Å². The van der Waals surface area contributed by atoms with Gasteiger partial charge in [-0.15, -0.1) is 0 Å². The third-order valence-corrected chi connectivity index (χ3v) is 2.93. The van der Waals surface area contributed by atoms with Crippen molar-refractivity contribution in [3.05, 3.63) is 17.5 Å². The molecule has 0 bridgehead atoms. The molecule has 0 aromatic carbocycles. The molecule has 0 spiro atoms. The molecule has 2 rings (SSSR count). The third-order valence-electron chi connectivity index (χ3n) is 2.93. The zero-order valence-electron chi connectivity index (χ0n) is 9.68. The van der Waals surface area contributed by atoms with Gasteiger partial charge in [0.1, 0.15) is 0 Å². The van der Waals surface area contributed by atoms with Gasteiger partial charge in [-0.1, -0.05) is 0 Å². The lowest BCUT2D eigenvalue weighted by molar-refractivity contribution is 0.0473. The van der Waals surface area contributed by atoms with Crippen LogP contribution in [0.5, 0.6) is 0 Å². The average molecular weight is 223 g/mol. The van der Waals surface area contributed by atoms with Gasteiger partial charge >= 0.3 is 0 Å². The summed E-state index contributed by atoms with van der Waals surface area (Å²) < 4.78 is 1.64. The number of aliphatic hydroxyl groups excluding tert-OH is 1. The number of aromatic nitrogens is 2. The zero-order chi connectivity index (χ0) is 11.7. The summed E-state index contributed by atoms with van der Waals surface area (Å²) in [5.74, 6) is -0.0237. The van der Waals surface area contributed by atoms with Gasteiger partial charge < -0.3 is 10.0 Å². The third kappa shape index (κ3) is 2.09. The van der Waals surface area contributed by atoms with Crippen LogP contribution in [0.4, 0.5) is 0 Å². The topological polar surface area (TPSA) is 58.4 Å². The van der Waals surface area contributed by atoms with E-state index in [2.05, 4.69) is 5.10 Å². The SMILES string of the molecule is Cc1nn(C)cc1C(=O)N1CCC[C@H](O)C1. The molecular weight excluding hydrogens is 206 g/mol. The highest BCUT2D eigenvalue weighted by molar-refractivity contribution is 5.95. The van der Waals surface area contributed by atoms with Crippen LogP contribution in [0.3, 0.4) is 0 Å². The van der Waals surface area contributed by atoms with Crippen LogP contribution in [0.15, 0.2) is 6.20 Å². The van der Waals surface area contributed by atoms with E-state index in [1.807, 2.05) is 6.92 Å². The first kappa shape index (κ1) is 11.1. The van der Waals surface area contributed by atoms with Crippen LogP contribution in [0, 0.1) is 6.92 Å². The second-order valence-corrected chi connectivity index (χ2v) is 4.35. The molecular formula is C11H17N3O2. The predicted molar refractivity (Wildman–Crippen MR) is 59.1 cm³/mol. The van der Waals surface area contributed by atoms with Crippen molar-refractivity contribution in [3.63, 3.8) is 0 Å². The molecule has 1 amide bonds. The van der Waals surface area contributed by atoms with Crippen LogP contribution in [0.2, 0.25) is 0 Å². The zero-order valence-corrected chi connectivity index (χ0v) is 9.68. The maximum atomic E-state index is 12.1. The lowest BCUT2D eigenvalue weighted by atomic mass is 10.1. The molecule has 88 valence electrons. The standard InChI is InChI=1S/C11H17N3O2/c1-8-10(7-13(2)12-8)11(16)14-5-3-4-9(15)6-14/h7,9,15H,3-6H2,1-2H3/t9-/m0/s1. The molecule has 0 unspecified atom stereocenters. The monoisotopic (exact) mass is 223 g/mol. The first-order chi connectivity index (χ1) is 7.58. The van der Waals surface area contributed by atoms with Gasteiger partial charge in [-0.3, -0.25) is 9.48 Å². The normalized spacial score (nSPS) is 21.2. The molecule has 1 aromatic heterocycles. The summed E-state index contributed by atoms with van der Waals surface area (Å²) in [6.45, 7) is 2.99. The van der Waals surface area contributed by atoms with E-state index < -0.39 is 0 Å². The molecule has 5 heteroatoms. The van der Waals surface area contributed by atoms with Gasteiger partial charge in [0, 0.05) is 26.3 Å². The number of nitrogens with zero attached hydrogens (tertiary/aromatic N) is 3. The summed E-state index contributed by atoms with van der Waals surface area (Å²) in [5, 5.41) is 13.7. The highest BCUT2D eigenvalue weighted by Gasteiger charge is 2.25. The minimum absolute atomic E-state index is 0.0237. The summed E-state index contributed by atoms with van der Waals surface area (Å²) in [7, 11) is 1.80. The van der Waals surface area contributed by atoms with E-state index in [1.165, 1.54) is 0 Å². The van der Waals surface area contributed by atoms with E-state index in [0.717, 1.165) is 25.1 Å². The Morgan fingerprint density at radius 2 is 2.38 bits per heavy atom. The lowest BCUT2D eigenvalue weighted by Gasteiger charge is -2.29. The fourth-order valence-electron chi connectivity index (χ4n) is 2.12. The number of β-amino-alcohol motifs (C(OH)–C–C–N with tert-alkyl or cyclic N) is 1. The highest BCUT2D eigenvalue weighted by Crippen LogP contribution is 2.15. The second-order valence-electron chi connectivity index (χ2n) is 4.35. The molecule has 0 radical (unpaired) electrons. The fraction of sp³-hybridized carbons (Fsp3) is 0.636. The van der Waals surface area contributed by atoms with Crippen molar-refractivity contribution >= 4 is 5.91 Å². The molecule has 1 atom stereocenters. The predicted octanol–water partition coefficient (Wildman–Crippen LogP) is 0.325. The Morgan fingerprint density at radius 1 is 1.62 bits per heavy atom. The van der Waals surface area contributed by atoms with Crippen molar-refractivity contribution in [2.45, 2.75) is 25.9 Å². The number of amides is 1. The summed E-state index contributed by atoms with van der Waals surface area (Å²) in [6, 6.07) is 0. The Balaban J connectivity index is 2.15. The number of likely N-dealkylation sites (tertiary alicyclic amines) is 1. The van der Waals surface area contributed by atoms with E-state index in [9.17, 15) is 9.90 Å². The number of piperidine rings is 1. The van der Waals surface area contributed by atoms with Crippen molar-refractivity contribution in [1.82, 2.24) is 14.7 Å². The number of hydrogen-bond donors (Lipinski definition) is 1. The molecule has 0 aliphatic carbocycles. The number of aliphatic hydroxyl groups is 1. The summed E-state index contributed by atoms with van der Waals surface area (Å²) >= 11 is 0. The van der Waals surface area contributed by atoms with Crippen molar-refractivity contribution < 1.29 is 9.90 Å². The number of aryl methyl sites for hydroxylation is 2. The van der Waals surface area contributed by atoms with E-state index in [-0.39, 0.29) is 12.0 Å². The highest BCUT2D eigenvalue weighted by atomic mass is 16.3. The number of hydrogen-bond acceptors (Lipinski definition) is 3. The molecule has 1 N–H and O–H groups in total. The van der Waals surface area contributed by atoms with Crippen LogP contribution >= 0.6 is 0 Å². The molecule has 16 heavy (non-hydrogen) atoms. The Hall–Kier alpha value is -1.36. The maximum Gasteiger partial charge on any atom is 0.257 e. The molecule has 1 aromatic rings. The van der Waals surface area contributed by atoms with Gasteiger partial charge in [0.25, 0.3) is 5.91 Å². The number of carbonyl (C=O) groups excluding carboxylic acids is 1. The summed E-state index contributed by atoms with van der Waals surface area (Å²) in [4.78, 5) is 13.8. The first-order valence-electron chi connectivity index (χ1n) is 5.55. The van der Waals surface area contributed by atoms with Crippen molar-refractivity contribution in [2.75, 3.05) is 13.1 Å². The van der Waals surface area contributed by atoms with E-state index in [0.29, 0.717) is 12.1 Å². The summed E-state index contributed by atoms with van der Waals surface area (Å²) in [6.07, 6.45) is 3.01. The van der Waals surface area contributed by atoms with Crippen LogP contribution in [-0.4, -0.2) is 44.9 Å². The number of carbonyl (C=O) groups is 1. The summed E-state index contributed by atoms with van der Waals surface area (Å²) in [5.41, 5.74) is 1.38. The molecule has 0 saturated carbocycles. The second kappa shape index (κ2) is 4.25. The Bertz CT molecular complexity index is 400. The number of rotatable bonds is 1. The van der Waals surface area contributed by atoms with E-state index in [4.69, 9.17) is 0 Å². The lowest BCUT2D eigenvalue weighted by Crippen LogP contribution is -2.42. The van der Waals surface area contributed by atoms with Crippen LogP contribution in [0.1, 0.15) is 28.9 Å². The molecule has 1 aliphatic rings. The van der Waals surface area contributed by atoms with Gasteiger partial charge in [-0.25, -0.2) is 0 Å². The van der Waals surface area contributed by atoms with Crippen molar-refractivity contribution in [3.8, 4) is 0 Å². The van der Waals surface area contributed by atoms with Crippen molar-refractivity contribution in [2.24, 2.45) is 7.05 Å². The Morgan fingerprint density at radius 3 is 2.94 bits per heavy atom. The molecule has 2 heterocycles. The quantitative estimate of drug-likeness (QED) is 0.746. The van der Waals surface area contributed by atoms with E-state index in [1.54, 1.807) is 22.8 Å². The van der Waals surface area contributed by atoms with Gasteiger partial charge in [0.2, 0.25) is 0 Å². The van der Waals surface area contributed by atoms with Crippen LogP contribution < -0.4 is 0 Å². The smallest absolute Gasteiger partial charge is 0.257 e. The molecule has 5 nitrogen and oxygen atoms in total. The first-order valence-corrected chi connectivity index (χ1v) is 5.55. The minimum atomic E-state index is -0.380.